The van der Waals surface area contributed by atoms with Gasteiger partial charge in [-0.3, -0.25) is 4.79 Å². The second-order valence-corrected chi connectivity index (χ2v) is 5.02. The van der Waals surface area contributed by atoms with Crippen LogP contribution in [0.25, 0.3) is 0 Å². The van der Waals surface area contributed by atoms with Gasteiger partial charge >= 0.3 is 5.97 Å². The van der Waals surface area contributed by atoms with E-state index in [1.54, 1.807) is 18.2 Å². The molecule has 1 aromatic rings. The molecule has 2 N–H and O–H groups in total. The average Bonchev–Trinajstić information content (AvgIpc) is 2.81. The molecule has 20 heavy (non-hydrogen) atoms. The molecule has 5 heteroatoms. The number of amides is 1. The molecule has 0 unspecified atom stereocenters. The zero-order chi connectivity index (χ0) is 14.5. The fourth-order valence-electron chi connectivity index (χ4n) is 2.40. The lowest BCUT2D eigenvalue weighted by Gasteiger charge is -2.18. The van der Waals surface area contributed by atoms with Gasteiger partial charge in [0, 0.05) is 18.8 Å². The summed E-state index contributed by atoms with van der Waals surface area (Å²) in [6.07, 6.45) is 2.84. The van der Waals surface area contributed by atoms with Gasteiger partial charge in [0.1, 0.15) is 0 Å². The van der Waals surface area contributed by atoms with Gasteiger partial charge in [-0.1, -0.05) is 13.3 Å². The van der Waals surface area contributed by atoms with Gasteiger partial charge < -0.3 is 15.3 Å². The van der Waals surface area contributed by atoms with Crippen molar-refractivity contribution in [2.75, 3.05) is 24.5 Å². The summed E-state index contributed by atoms with van der Waals surface area (Å²) in [7, 11) is 0. The quantitative estimate of drug-likeness (QED) is 0.775. The van der Waals surface area contributed by atoms with Crippen molar-refractivity contribution in [3.8, 4) is 0 Å². The third kappa shape index (κ3) is 3.29. The standard InChI is InChI=1S/C15H20N2O3/c1-2-3-7-16-14(18)10-17-8-6-11-9-12(15(19)20)4-5-13(11)17/h4-5,9H,2-3,6-8,10H2,1H3,(H,16,18)(H,19,20). The molecule has 0 spiro atoms. The molecule has 1 aliphatic heterocycles. The van der Waals surface area contributed by atoms with E-state index in [2.05, 4.69) is 12.2 Å². The molecule has 108 valence electrons. The highest BCUT2D eigenvalue weighted by Gasteiger charge is 2.22. The van der Waals surface area contributed by atoms with Gasteiger partial charge in [0.25, 0.3) is 0 Å². The lowest BCUT2D eigenvalue weighted by Crippen LogP contribution is -2.36. The third-order valence-electron chi connectivity index (χ3n) is 3.51. The fourth-order valence-corrected chi connectivity index (χ4v) is 2.40. The van der Waals surface area contributed by atoms with E-state index in [-0.39, 0.29) is 5.91 Å². The molecule has 0 saturated carbocycles. The largest absolute Gasteiger partial charge is 0.478 e. The second-order valence-electron chi connectivity index (χ2n) is 5.02. The summed E-state index contributed by atoms with van der Waals surface area (Å²) in [5.74, 6) is -0.892. The predicted molar refractivity (Wildman–Crippen MR) is 77.2 cm³/mol. The molecule has 1 heterocycles. The summed E-state index contributed by atoms with van der Waals surface area (Å²) in [5.41, 5.74) is 2.28. The van der Waals surface area contributed by atoms with E-state index < -0.39 is 5.97 Å². The van der Waals surface area contributed by atoms with E-state index in [0.717, 1.165) is 37.1 Å². The van der Waals surface area contributed by atoms with E-state index >= 15 is 0 Å². The minimum absolute atomic E-state index is 0.0219. The number of nitrogens with zero attached hydrogens (tertiary/aromatic N) is 1. The number of nitrogens with one attached hydrogen (secondary N) is 1. The zero-order valence-corrected chi connectivity index (χ0v) is 11.7. The first-order valence-electron chi connectivity index (χ1n) is 6.99. The maximum absolute atomic E-state index is 11.8. The second kappa shape index (κ2) is 6.41. The van der Waals surface area contributed by atoms with Crippen molar-refractivity contribution in [2.45, 2.75) is 26.2 Å². The topological polar surface area (TPSA) is 69.6 Å². The summed E-state index contributed by atoms with van der Waals surface area (Å²) >= 11 is 0. The molecule has 2 rings (SSSR count). The van der Waals surface area contributed by atoms with Crippen LogP contribution in [0.5, 0.6) is 0 Å². The van der Waals surface area contributed by atoms with Crippen molar-refractivity contribution in [1.29, 1.82) is 0 Å². The Morgan fingerprint density at radius 1 is 1.40 bits per heavy atom. The zero-order valence-electron chi connectivity index (χ0n) is 11.7. The molecular weight excluding hydrogens is 256 g/mol. The van der Waals surface area contributed by atoms with Crippen molar-refractivity contribution in [1.82, 2.24) is 5.32 Å². The maximum Gasteiger partial charge on any atom is 0.335 e. The SMILES string of the molecule is CCCCNC(=O)CN1CCc2cc(C(=O)O)ccc21. The lowest BCUT2D eigenvalue weighted by molar-refractivity contribution is -0.119. The smallest absolute Gasteiger partial charge is 0.335 e. The lowest BCUT2D eigenvalue weighted by atomic mass is 10.1. The molecule has 0 aromatic heterocycles. The number of carbonyl (C=O) groups is 2. The summed E-state index contributed by atoms with van der Waals surface area (Å²) < 4.78 is 0. The van der Waals surface area contributed by atoms with Crippen molar-refractivity contribution in [2.24, 2.45) is 0 Å². The number of unbranched alkanes of at least 4 members (excludes halogenated alkanes) is 1. The number of hydrogen-bond donors (Lipinski definition) is 2. The van der Waals surface area contributed by atoms with E-state index in [1.165, 1.54) is 0 Å². The minimum Gasteiger partial charge on any atom is -0.478 e. The Labute approximate surface area is 118 Å². The van der Waals surface area contributed by atoms with Crippen LogP contribution >= 0.6 is 0 Å². The number of carboxylic acid groups (broad SMARTS) is 1. The Bertz CT molecular complexity index is 514. The minimum atomic E-state index is -0.913. The number of carboxylic acids is 1. The van der Waals surface area contributed by atoms with Crippen molar-refractivity contribution in [3.05, 3.63) is 29.3 Å². The molecule has 0 radical (unpaired) electrons. The third-order valence-corrected chi connectivity index (χ3v) is 3.51. The molecular formula is C15H20N2O3. The Morgan fingerprint density at radius 3 is 2.90 bits per heavy atom. The number of hydrogen-bond acceptors (Lipinski definition) is 3. The summed E-state index contributed by atoms with van der Waals surface area (Å²) in [6, 6.07) is 5.09. The molecule has 0 bridgehead atoms. The van der Waals surface area contributed by atoms with Crippen LogP contribution in [0.4, 0.5) is 5.69 Å². The van der Waals surface area contributed by atoms with Gasteiger partial charge in [-0.2, -0.15) is 0 Å². The summed E-state index contributed by atoms with van der Waals surface area (Å²) in [4.78, 5) is 24.7. The Morgan fingerprint density at radius 2 is 2.20 bits per heavy atom. The molecule has 1 aliphatic rings. The number of rotatable bonds is 6. The first-order chi connectivity index (χ1) is 9.61. The number of aromatic carboxylic acids is 1. The summed E-state index contributed by atoms with van der Waals surface area (Å²) in [6.45, 7) is 3.90. The van der Waals surface area contributed by atoms with Crippen LogP contribution in [-0.2, 0) is 11.2 Å². The monoisotopic (exact) mass is 276 g/mol. The number of fused-ring (bicyclic) bond motifs is 1. The molecule has 0 atom stereocenters. The van der Waals surface area contributed by atoms with Crippen molar-refractivity contribution in [3.63, 3.8) is 0 Å². The number of anilines is 1. The number of carbonyl (C=O) groups excluding carboxylic acids is 1. The van der Waals surface area contributed by atoms with Crippen LogP contribution in [-0.4, -0.2) is 36.6 Å². The first kappa shape index (κ1) is 14.4. The molecule has 1 aromatic carbocycles. The van der Waals surface area contributed by atoms with Gasteiger partial charge in [0.15, 0.2) is 0 Å². The van der Waals surface area contributed by atoms with Crippen LogP contribution in [0.15, 0.2) is 18.2 Å². The Kier molecular flexibility index (Phi) is 4.61. The maximum atomic E-state index is 11.8. The van der Waals surface area contributed by atoms with E-state index in [0.29, 0.717) is 18.7 Å². The molecule has 5 nitrogen and oxygen atoms in total. The van der Waals surface area contributed by atoms with E-state index in [9.17, 15) is 9.59 Å². The predicted octanol–water partition coefficient (Wildman–Crippen LogP) is 1.66. The molecule has 1 amide bonds. The fraction of sp³-hybridized carbons (Fsp3) is 0.467. The van der Waals surface area contributed by atoms with Gasteiger partial charge in [0.05, 0.1) is 12.1 Å². The van der Waals surface area contributed by atoms with Crippen LogP contribution < -0.4 is 10.2 Å². The van der Waals surface area contributed by atoms with Crippen LogP contribution in [0.3, 0.4) is 0 Å². The highest BCUT2D eigenvalue weighted by Crippen LogP contribution is 2.28. The summed E-state index contributed by atoms with van der Waals surface area (Å²) in [5, 5.41) is 11.9. The van der Waals surface area contributed by atoms with Gasteiger partial charge in [-0.25, -0.2) is 4.79 Å². The van der Waals surface area contributed by atoms with Gasteiger partial charge in [-0.15, -0.1) is 0 Å². The van der Waals surface area contributed by atoms with E-state index in [4.69, 9.17) is 5.11 Å². The first-order valence-corrected chi connectivity index (χ1v) is 6.99. The van der Waals surface area contributed by atoms with E-state index in [1.807, 2.05) is 4.90 Å². The number of benzene rings is 1. The van der Waals surface area contributed by atoms with Gasteiger partial charge in [-0.05, 0) is 36.6 Å². The highest BCUT2D eigenvalue weighted by atomic mass is 16.4. The van der Waals surface area contributed by atoms with Crippen molar-refractivity contribution < 1.29 is 14.7 Å². The Balaban J connectivity index is 1.98. The van der Waals surface area contributed by atoms with Crippen LogP contribution in [0.1, 0.15) is 35.7 Å². The van der Waals surface area contributed by atoms with Gasteiger partial charge in [0.2, 0.25) is 5.91 Å². The van der Waals surface area contributed by atoms with Crippen LogP contribution in [0.2, 0.25) is 0 Å². The molecule has 0 saturated heterocycles. The highest BCUT2D eigenvalue weighted by molar-refractivity contribution is 5.89. The molecule has 0 aliphatic carbocycles. The van der Waals surface area contributed by atoms with Crippen molar-refractivity contribution >= 4 is 17.6 Å². The molecule has 0 fully saturated rings. The normalized spacial score (nSPS) is 13.2. The van der Waals surface area contributed by atoms with Crippen LogP contribution in [0, 0.1) is 0 Å². The Hall–Kier alpha value is -2.04. The average molecular weight is 276 g/mol.